The Labute approximate surface area is 131 Å². The van der Waals surface area contributed by atoms with Gasteiger partial charge in [0.15, 0.2) is 0 Å². The summed E-state index contributed by atoms with van der Waals surface area (Å²) in [5.41, 5.74) is 0. The van der Waals surface area contributed by atoms with Crippen molar-refractivity contribution in [2.75, 3.05) is 0 Å². The van der Waals surface area contributed by atoms with Gasteiger partial charge in [0.2, 0.25) is 10.0 Å². The van der Waals surface area contributed by atoms with Gasteiger partial charge in [0, 0.05) is 9.50 Å². The van der Waals surface area contributed by atoms with E-state index < -0.39 is 22.0 Å². The molecule has 2 N–H and O–H groups in total. The summed E-state index contributed by atoms with van der Waals surface area (Å²) < 4.78 is 27.0. The first-order valence-corrected chi connectivity index (χ1v) is 8.49. The van der Waals surface area contributed by atoms with Gasteiger partial charge in [-0.25, -0.2) is 8.42 Å². The molecule has 0 bridgehead atoms. The molecule has 0 radical (unpaired) electrons. The zero-order valence-corrected chi connectivity index (χ0v) is 14.1. The Morgan fingerprint density at radius 2 is 2.05 bits per heavy atom. The molecule has 1 atom stereocenters. The minimum atomic E-state index is -3.97. The molecule has 0 aliphatic heterocycles. The molecule has 1 aromatic rings. The molecule has 0 saturated heterocycles. The van der Waals surface area contributed by atoms with E-state index in [0.29, 0.717) is 4.47 Å². The molecule has 5 nitrogen and oxygen atoms in total. The van der Waals surface area contributed by atoms with Crippen LogP contribution in [0.4, 0.5) is 0 Å². The Hall–Kier alpha value is -0.630. The number of hydrogen-bond donors (Lipinski definition) is 2. The SMILES string of the molecule is CC(C)C[C@@H](NS(=O)(=O)c1cc(Cl)ccc1Br)C(=O)O. The van der Waals surface area contributed by atoms with Crippen LogP contribution in [-0.2, 0) is 14.8 Å². The summed E-state index contributed by atoms with van der Waals surface area (Å²) >= 11 is 8.90. The first-order chi connectivity index (χ1) is 9.13. The molecule has 0 spiro atoms. The number of hydrogen-bond acceptors (Lipinski definition) is 3. The van der Waals surface area contributed by atoms with Crippen molar-refractivity contribution in [3.8, 4) is 0 Å². The van der Waals surface area contributed by atoms with Crippen LogP contribution < -0.4 is 4.72 Å². The highest BCUT2D eigenvalue weighted by molar-refractivity contribution is 9.10. The summed E-state index contributed by atoms with van der Waals surface area (Å²) in [6.45, 7) is 3.64. The van der Waals surface area contributed by atoms with Gasteiger partial charge < -0.3 is 5.11 Å². The molecular weight excluding hydrogens is 370 g/mol. The quantitative estimate of drug-likeness (QED) is 0.790. The third-order valence-electron chi connectivity index (χ3n) is 2.49. The topological polar surface area (TPSA) is 83.5 Å². The second-order valence-electron chi connectivity index (χ2n) is 4.72. The van der Waals surface area contributed by atoms with Crippen LogP contribution in [0, 0.1) is 5.92 Å². The van der Waals surface area contributed by atoms with Crippen LogP contribution in [0.2, 0.25) is 5.02 Å². The Balaban J connectivity index is 3.09. The zero-order chi connectivity index (χ0) is 15.5. The molecule has 0 aromatic heterocycles. The van der Waals surface area contributed by atoms with E-state index in [1.54, 1.807) is 0 Å². The average Bonchev–Trinajstić information content (AvgIpc) is 2.30. The van der Waals surface area contributed by atoms with Crippen LogP contribution in [0.25, 0.3) is 0 Å². The highest BCUT2D eigenvalue weighted by Crippen LogP contribution is 2.25. The fourth-order valence-electron chi connectivity index (χ4n) is 1.60. The number of sulfonamides is 1. The monoisotopic (exact) mass is 383 g/mol. The summed E-state index contributed by atoms with van der Waals surface area (Å²) in [5, 5.41) is 9.35. The molecule has 0 amide bonds. The lowest BCUT2D eigenvalue weighted by Crippen LogP contribution is -2.41. The maximum atomic E-state index is 12.2. The van der Waals surface area contributed by atoms with Gasteiger partial charge in [0.1, 0.15) is 6.04 Å². The summed E-state index contributed by atoms with van der Waals surface area (Å²) in [4.78, 5) is 11.0. The van der Waals surface area contributed by atoms with Crippen LogP contribution in [0.1, 0.15) is 20.3 Å². The molecule has 0 fully saturated rings. The summed E-state index contributed by atoms with van der Waals surface area (Å²) in [5.74, 6) is -1.16. The highest BCUT2D eigenvalue weighted by Gasteiger charge is 2.27. The fraction of sp³-hybridized carbons (Fsp3) is 0.417. The first kappa shape index (κ1) is 17.4. The standard InChI is InChI=1S/C12H15BrClNO4S/c1-7(2)5-10(12(16)17)15-20(18,19)11-6-8(14)3-4-9(11)13/h3-4,6-7,10,15H,5H2,1-2H3,(H,16,17)/t10-/m1/s1. The normalized spacial score (nSPS) is 13.4. The van der Waals surface area contributed by atoms with Crippen molar-refractivity contribution >= 4 is 43.5 Å². The van der Waals surface area contributed by atoms with Gasteiger partial charge in [-0.2, -0.15) is 4.72 Å². The van der Waals surface area contributed by atoms with E-state index >= 15 is 0 Å². The maximum Gasteiger partial charge on any atom is 0.321 e. The molecule has 8 heteroatoms. The molecule has 20 heavy (non-hydrogen) atoms. The van der Waals surface area contributed by atoms with Gasteiger partial charge in [-0.3, -0.25) is 4.79 Å². The minimum absolute atomic E-state index is 0.0432. The van der Waals surface area contributed by atoms with Gasteiger partial charge in [-0.15, -0.1) is 0 Å². The van der Waals surface area contributed by atoms with Crippen molar-refractivity contribution < 1.29 is 18.3 Å². The maximum absolute atomic E-state index is 12.2. The Kier molecular flexibility index (Phi) is 6.00. The number of carboxylic acids is 1. The van der Waals surface area contributed by atoms with E-state index in [9.17, 15) is 13.2 Å². The van der Waals surface area contributed by atoms with Crippen LogP contribution >= 0.6 is 27.5 Å². The number of benzene rings is 1. The Bertz CT molecular complexity index is 603. The van der Waals surface area contributed by atoms with Crippen LogP contribution in [0.5, 0.6) is 0 Å². The lowest BCUT2D eigenvalue weighted by atomic mass is 10.1. The molecule has 112 valence electrons. The molecule has 0 unspecified atom stereocenters. The molecule has 1 rings (SSSR count). The fourth-order valence-corrected chi connectivity index (χ4v) is 4.03. The molecule has 0 aliphatic rings. The number of carbonyl (C=O) groups is 1. The van der Waals surface area contributed by atoms with Crippen molar-refractivity contribution in [1.29, 1.82) is 0 Å². The van der Waals surface area contributed by atoms with E-state index in [1.165, 1.54) is 18.2 Å². The minimum Gasteiger partial charge on any atom is -0.480 e. The van der Waals surface area contributed by atoms with E-state index in [1.807, 2.05) is 13.8 Å². The first-order valence-electron chi connectivity index (χ1n) is 5.83. The predicted molar refractivity (Wildman–Crippen MR) is 80.4 cm³/mol. The smallest absolute Gasteiger partial charge is 0.321 e. The summed E-state index contributed by atoms with van der Waals surface area (Å²) in [6.07, 6.45) is 0.201. The molecule has 1 aromatic carbocycles. The summed E-state index contributed by atoms with van der Waals surface area (Å²) in [6, 6.07) is 3.12. The van der Waals surface area contributed by atoms with E-state index in [0.717, 1.165) is 0 Å². The predicted octanol–water partition coefficient (Wildman–Crippen LogP) is 2.88. The van der Waals surface area contributed by atoms with Crippen LogP contribution in [0.15, 0.2) is 27.6 Å². The molecule has 0 saturated carbocycles. The molecule has 0 aliphatic carbocycles. The largest absolute Gasteiger partial charge is 0.480 e. The lowest BCUT2D eigenvalue weighted by molar-refractivity contribution is -0.139. The molecule has 0 heterocycles. The number of aliphatic carboxylic acids is 1. The zero-order valence-electron chi connectivity index (χ0n) is 10.9. The molecular formula is C12H15BrClNO4S. The van der Waals surface area contributed by atoms with E-state index in [-0.39, 0.29) is 22.3 Å². The van der Waals surface area contributed by atoms with E-state index in [4.69, 9.17) is 16.7 Å². The number of rotatable bonds is 6. The van der Waals surface area contributed by atoms with Gasteiger partial charge in [0.05, 0.1) is 4.90 Å². The van der Waals surface area contributed by atoms with Gasteiger partial charge in [-0.05, 0) is 46.5 Å². The third kappa shape index (κ3) is 4.73. The van der Waals surface area contributed by atoms with Crippen molar-refractivity contribution in [3.63, 3.8) is 0 Å². The van der Waals surface area contributed by atoms with Crippen molar-refractivity contribution in [3.05, 3.63) is 27.7 Å². The van der Waals surface area contributed by atoms with Crippen LogP contribution in [0.3, 0.4) is 0 Å². The highest BCUT2D eigenvalue weighted by atomic mass is 79.9. The van der Waals surface area contributed by atoms with E-state index in [2.05, 4.69) is 20.7 Å². The number of carboxylic acid groups (broad SMARTS) is 1. The van der Waals surface area contributed by atoms with Crippen molar-refractivity contribution in [2.45, 2.75) is 31.2 Å². The Morgan fingerprint density at radius 3 is 2.55 bits per heavy atom. The van der Waals surface area contributed by atoms with Crippen molar-refractivity contribution in [1.82, 2.24) is 4.72 Å². The van der Waals surface area contributed by atoms with Gasteiger partial charge >= 0.3 is 5.97 Å². The van der Waals surface area contributed by atoms with Crippen molar-refractivity contribution in [2.24, 2.45) is 5.92 Å². The second-order valence-corrected chi connectivity index (χ2v) is 7.69. The lowest BCUT2D eigenvalue weighted by Gasteiger charge is -2.17. The summed E-state index contributed by atoms with van der Waals surface area (Å²) in [7, 11) is -3.97. The Morgan fingerprint density at radius 1 is 1.45 bits per heavy atom. The van der Waals surface area contributed by atoms with Crippen LogP contribution in [-0.4, -0.2) is 25.5 Å². The number of halogens is 2. The average molecular weight is 385 g/mol. The second kappa shape index (κ2) is 6.89. The third-order valence-corrected chi connectivity index (χ3v) is 5.19. The van der Waals surface area contributed by atoms with Gasteiger partial charge in [0.25, 0.3) is 0 Å². The van der Waals surface area contributed by atoms with Gasteiger partial charge in [-0.1, -0.05) is 25.4 Å². The number of nitrogens with one attached hydrogen (secondary N) is 1.